The Kier molecular flexibility index (Phi) is 3.48. The van der Waals surface area contributed by atoms with Crippen LogP contribution < -0.4 is 4.90 Å². The van der Waals surface area contributed by atoms with Crippen LogP contribution in [0.25, 0.3) is 0 Å². The van der Waals surface area contributed by atoms with Gasteiger partial charge in [-0.25, -0.2) is 9.79 Å². The van der Waals surface area contributed by atoms with Gasteiger partial charge in [-0.15, -0.1) is 0 Å². The Hall–Kier alpha value is -1.35. The average molecular weight is 271 g/mol. The molecule has 0 saturated carbocycles. The van der Waals surface area contributed by atoms with Crippen molar-refractivity contribution < 1.29 is 9.59 Å². The van der Waals surface area contributed by atoms with Gasteiger partial charge >= 0.3 is 0 Å². The first-order valence-electron chi connectivity index (χ1n) is 4.94. The van der Waals surface area contributed by atoms with Gasteiger partial charge in [0.1, 0.15) is 0 Å². The molecule has 0 bridgehead atoms. The van der Waals surface area contributed by atoms with Crippen molar-refractivity contribution in [3.05, 3.63) is 28.2 Å². The summed E-state index contributed by atoms with van der Waals surface area (Å²) in [5, 5.41) is 0.943. The maximum atomic E-state index is 11.8. The van der Waals surface area contributed by atoms with E-state index in [0.717, 1.165) is 0 Å². The lowest BCUT2D eigenvalue weighted by atomic mass is 10.3. The third kappa shape index (κ3) is 2.50. The van der Waals surface area contributed by atoms with Crippen LogP contribution in [0.3, 0.4) is 0 Å². The fraction of sp³-hybridized carbons (Fsp3) is 0.273. The van der Waals surface area contributed by atoms with Crippen LogP contribution in [0.2, 0.25) is 10.0 Å². The lowest BCUT2D eigenvalue weighted by Crippen LogP contribution is -2.25. The highest BCUT2D eigenvalue weighted by molar-refractivity contribution is 6.35. The summed E-state index contributed by atoms with van der Waals surface area (Å²) in [6.07, 6.45) is 1.66. The summed E-state index contributed by atoms with van der Waals surface area (Å²) in [6, 6.07) is 4.54. The minimum atomic E-state index is -0.352. The molecule has 88 valence electrons. The molecule has 6 heteroatoms. The maximum Gasteiger partial charge on any atom is 0.235 e. The number of hydrogen-bond donors (Lipinski definition) is 0. The van der Waals surface area contributed by atoms with Crippen molar-refractivity contribution in [2.45, 2.75) is 12.5 Å². The first kappa shape index (κ1) is 12.1. The van der Waals surface area contributed by atoms with Gasteiger partial charge < -0.3 is 4.90 Å². The molecule has 0 spiro atoms. The Morgan fingerprint density at radius 2 is 2.18 bits per heavy atom. The molecule has 1 aliphatic rings. The van der Waals surface area contributed by atoms with E-state index >= 15 is 0 Å². The highest BCUT2D eigenvalue weighted by Crippen LogP contribution is 2.32. The predicted octanol–water partition coefficient (Wildman–Crippen LogP) is 2.43. The molecule has 0 aromatic heterocycles. The van der Waals surface area contributed by atoms with Crippen LogP contribution in [-0.2, 0) is 9.59 Å². The van der Waals surface area contributed by atoms with Gasteiger partial charge in [-0.1, -0.05) is 23.2 Å². The molecule has 2 rings (SSSR count). The zero-order chi connectivity index (χ0) is 12.4. The molecule has 1 aromatic rings. The van der Waals surface area contributed by atoms with Gasteiger partial charge in [0.05, 0.1) is 23.2 Å². The third-order valence-corrected chi connectivity index (χ3v) is 3.09. The second-order valence-corrected chi connectivity index (χ2v) is 4.52. The molecule has 1 aromatic carbocycles. The van der Waals surface area contributed by atoms with E-state index < -0.39 is 0 Å². The predicted molar refractivity (Wildman–Crippen MR) is 65.3 cm³/mol. The molecule has 0 aliphatic carbocycles. The number of isocyanates is 1. The van der Waals surface area contributed by atoms with Crippen LogP contribution in [0.15, 0.2) is 23.2 Å². The summed E-state index contributed by atoms with van der Waals surface area (Å²) in [4.78, 5) is 27.0. The average Bonchev–Trinajstić information content (AvgIpc) is 2.64. The van der Waals surface area contributed by atoms with E-state index in [1.165, 1.54) is 11.0 Å². The Morgan fingerprint density at radius 3 is 2.88 bits per heavy atom. The zero-order valence-corrected chi connectivity index (χ0v) is 10.2. The van der Waals surface area contributed by atoms with E-state index in [0.29, 0.717) is 22.3 Å². The van der Waals surface area contributed by atoms with Gasteiger partial charge in [-0.3, -0.25) is 4.79 Å². The van der Waals surface area contributed by atoms with E-state index in [1.54, 1.807) is 18.2 Å². The quantitative estimate of drug-likeness (QED) is 0.612. The van der Waals surface area contributed by atoms with Crippen LogP contribution in [0.1, 0.15) is 6.42 Å². The second kappa shape index (κ2) is 4.88. The summed E-state index contributed by atoms with van der Waals surface area (Å²) < 4.78 is 0. The lowest BCUT2D eigenvalue weighted by Gasteiger charge is -2.17. The Bertz CT molecular complexity index is 512. The molecule has 1 fully saturated rings. The van der Waals surface area contributed by atoms with Crippen molar-refractivity contribution in [3.63, 3.8) is 0 Å². The molecule has 0 N–H and O–H groups in total. The second-order valence-electron chi connectivity index (χ2n) is 3.68. The monoisotopic (exact) mass is 270 g/mol. The topological polar surface area (TPSA) is 49.7 Å². The van der Waals surface area contributed by atoms with Gasteiger partial charge in [0, 0.05) is 11.6 Å². The van der Waals surface area contributed by atoms with Crippen molar-refractivity contribution in [2.24, 2.45) is 4.99 Å². The van der Waals surface area contributed by atoms with E-state index in [-0.39, 0.29) is 18.4 Å². The van der Waals surface area contributed by atoms with Crippen LogP contribution in [0.5, 0.6) is 0 Å². The van der Waals surface area contributed by atoms with Crippen molar-refractivity contribution in [3.8, 4) is 0 Å². The number of carbonyl (C=O) groups is 1. The molecule has 1 unspecified atom stereocenters. The molecule has 17 heavy (non-hydrogen) atoms. The normalized spacial score (nSPS) is 19.3. The number of rotatable bonds is 2. The van der Waals surface area contributed by atoms with Crippen LogP contribution >= 0.6 is 23.2 Å². The molecule has 1 heterocycles. The fourth-order valence-corrected chi connectivity index (χ4v) is 2.16. The molecule has 4 nitrogen and oxygen atoms in total. The van der Waals surface area contributed by atoms with Gasteiger partial charge in [-0.2, -0.15) is 0 Å². The standard InChI is InChI=1S/C11H8Cl2N2O2/c12-7-1-2-9(13)10(3-7)15-5-8(14-6-16)4-11(15)17/h1-3,8H,4-5H2. The summed E-state index contributed by atoms with van der Waals surface area (Å²) in [5.41, 5.74) is 0.549. The zero-order valence-electron chi connectivity index (χ0n) is 8.69. The number of anilines is 1. The van der Waals surface area contributed by atoms with E-state index in [1.807, 2.05) is 0 Å². The summed E-state index contributed by atoms with van der Waals surface area (Å²) in [6.45, 7) is 0.328. The van der Waals surface area contributed by atoms with E-state index in [2.05, 4.69) is 4.99 Å². The molecular formula is C11H8Cl2N2O2. The molecule has 1 saturated heterocycles. The molecular weight excluding hydrogens is 263 g/mol. The van der Waals surface area contributed by atoms with Crippen LogP contribution in [-0.4, -0.2) is 24.6 Å². The number of amides is 1. The first-order chi connectivity index (χ1) is 8.11. The number of hydrogen-bond acceptors (Lipinski definition) is 3. The number of carbonyl (C=O) groups excluding carboxylic acids is 2. The fourth-order valence-electron chi connectivity index (χ4n) is 1.78. The third-order valence-electron chi connectivity index (χ3n) is 2.54. The summed E-state index contributed by atoms with van der Waals surface area (Å²) >= 11 is 11.9. The van der Waals surface area contributed by atoms with E-state index in [4.69, 9.17) is 23.2 Å². The highest BCUT2D eigenvalue weighted by Gasteiger charge is 2.31. The van der Waals surface area contributed by atoms with Crippen molar-refractivity contribution in [1.82, 2.24) is 0 Å². The first-order valence-corrected chi connectivity index (χ1v) is 5.70. The number of halogens is 2. The van der Waals surface area contributed by atoms with Crippen molar-refractivity contribution in [2.75, 3.05) is 11.4 Å². The SMILES string of the molecule is O=C=NC1CC(=O)N(c2cc(Cl)ccc2Cl)C1. The molecule has 1 atom stereocenters. The van der Waals surface area contributed by atoms with Gasteiger partial charge in [0.25, 0.3) is 0 Å². The number of nitrogens with zero attached hydrogens (tertiary/aromatic N) is 2. The Morgan fingerprint density at radius 1 is 1.41 bits per heavy atom. The number of aliphatic imine (C=N–C) groups is 1. The lowest BCUT2D eigenvalue weighted by molar-refractivity contribution is -0.117. The molecule has 1 aliphatic heterocycles. The number of benzene rings is 1. The smallest absolute Gasteiger partial charge is 0.235 e. The van der Waals surface area contributed by atoms with Crippen LogP contribution in [0, 0.1) is 0 Å². The van der Waals surface area contributed by atoms with Crippen molar-refractivity contribution >= 4 is 40.9 Å². The largest absolute Gasteiger partial charge is 0.309 e. The summed E-state index contributed by atoms with van der Waals surface area (Å²) in [5.74, 6) is -0.127. The minimum Gasteiger partial charge on any atom is -0.309 e. The van der Waals surface area contributed by atoms with Crippen LogP contribution in [0.4, 0.5) is 5.69 Å². The van der Waals surface area contributed by atoms with Gasteiger partial charge in [0.2, 0.25) is 12.0 Å². The highest BCUT2D eigenvalue weighted by atomic mass is 35.5. The summed E-state index contributed by atoms with van der Waals surface area (Å²) in [7, 11) is 0. The van der Waals surface area contributed by atoms with Gasteiger partial charge in [-0.05, 0) is 18.2 Å². The molecule has 1 amide bonds. The molecule has 0 radical (unpaired) electrons. The Balaban J connectivity index is 2.31. The van der Waals surface area contributed by atoms with E-state index in [9.17, 15) is 9.59 Å². The Labute approximate surface area is 108 Å². The van der Waals surface area contributed by atoms with Gasteiger partial charge in [0.15, 0.2) is 0 Å². The van der Waals surface area contributed by atoms with Crippen molar-refractivity contribution in [1.29, 1.82) is 0 Å². The maximum absolute atomic E-state index is 11.8. The minimum absolute atomic E-state index is 0.127.